The Balaban J connectivity index is 0.000000339. The van der Waals surface area contributed by atoms with Crippen molar-refractivity contribution in [1.82, 2.24) is 14.7 Å². The van der Waals surface area contributed by atoms with Crippen molar-refractivity contribution in [2.45, 2.75) is 69.1 Å². The van der Waals surface area contributed by atoms with Crippen molar-refractivity contribution in [2.75, 3.05) is 33.0 Å². The molecule has 0 aromatic carbocycles. The van der Waals surface area contributed by atoms with Crippen LogP contribution in [0.5, 0.6) is 0 Å². The van der Waals surface area contributed by atoms with E-state index in [-0.39, 0.29) is 12.2 Å². The summed E-state index contributed by atoms with van der Waals surface area (Å²) in [5, 5.41) is 11.4. The van der Waals surface area contributed by atoms with E-state index in [0.29, 0.717) is 12.1 Å². The average molecular weight is 449 g/mol. The lowest BCUT2D eigenvalue weighted by Crippen LogP contribution is -2.47. The van der Waals surface area contributed by atoms with Gasteiger partial charge in [0.1, 0.15) is 6.10 Å². The Hall–Kier alpha value is -1.69. The number of alkyl halides is 3. The SMILES string of the molecule is O=C(O)C(F)(F)F.c1cnn(CCCO[C@@H]2CN(C3CCOCC3)[C@@H]3CCCO[C@@H]32)c1. The van der Waals surface area contributed by atoms with Gasteiger partial charge in [0.15, 0.2) is 0 Å². The summed E-state index contributed by atoms with van der Waals surface area (Å²) in [6.45, 7) is 5.39. The van der Waals surface area contributed by atoms with Gasteiger partial charge < -0.3 is 19.3 Å². The van der Waals surface area contributed by atoms with Crippen molar-refractivity contribution in [3.8, 4) is 0 Å². The van der Waals surface area contributed by atoms with Gasteiger partial charge in [0.25, 0.3) is 0 Å². The Morgan fingerprint density at radius 3 is 2.61 bits per heavy atom. The summed E-state index contributed by atoms with van der Waals surface area (Å²) in [5.41, 5.74) is 0. The number of carboxylic acids is 1. The first-order chi connectivity index (χ1) is 14.9. The first-order valence-electron chi connectivity index (χ1n) is 10.7. The van der Waals surface area contributed by atoms with E-state index in [4.69, 9.17) is 24.1 Å². The maximum absolute atomic E-state index is 10.6. The second-order valence-corrected chi connectivity index (χ2v) is 7.92. The third-order valence-electron chi connectivity index (χ3n) is 5.84. The molecule has 0 unspecified atom stereocenters. The third kappa shape index (κ3) is 6.90. The molecule has 0 bridgehead atoms. The molecule has 3 aliphatic rings. The van der Waals surface area contributed by atoms with Crippen LogP contribution >= 0.6 is 0 Å². The predicted molar refractivity (Wildman–Crippen MR) is 104 cm³/mol. The normalized spacial score (nSPS) is 27.4. The minimum atomic E-state index is -5.08. The van der Waals surface area contributed by atoms with Gasteiger partial charge in [-0.2, -0.15) is 18.3 Å². The molecule has 8 nitrogen and oxygen atoms in total. The number of ether oxygens (including phenoxy) is 3. The van der Waals surface area contributed by atoms with E-state index in [1.54, 1.807) is 0 Å². The number of fused-ring (bicyclic) bond motifs is 1. The maximum Gasteiger partial charge on any atom is 0.490 e. The quantitative estimate of drug-likeness (QED) is 0.667. The van der Waals surface area contributed by atoms with Crippen molar-refractivity contribution in [1.29, 1.82) is 0 Å². The lowest BCUT2D eigenvalue weighted by Gasteiger charge is -2.38. The molecule has 3 aliphatic heterocycles. The molecule has 0 saturated carbocycles. The standard InChI is InChI=1S/C18H29N3O3.C2HF3O2/c1-4-16-18(24-10-1)17(14-21(16)15-5-12-22-13-6-15)23-11-3-9-20-8-2-7-19-20;3-2(4,5)1(6)7/h2,7-8,15-18H,1,3-6,9-14H2;(H,6,7)/t16-,17-,18+;/m1./s1. The molecule has 0 aliphatic carbocycles. The number of carbonyl (C=O) groups is 1. The molecule has 0 amide bonds. The van der Waals surface area contributed by atoms with Crippen molar-refractivity contribution < 1.29 is 37.3 Å². The predicted octanol–water partition coefficient (Wildman–Crippen LogP) is 2.33. The summed E-state index contributed by atoms with van der Waals surface area (Å²) >= 11 is 0. The first kappa shape index (κ1) is 24.0. The maximum atomic E-state index is 10.6. The fourth-order valence-corrected chi connectivity index (χ4v) is 4.42. The van der Waals surface area contributed by atoms with Crippen molar-refractivity contribution >= 4 is 5.97 Å². The summed E-state index contributed by atoms with van der Waals surface area (Å²) in [6, 6.07) is 3.15. The number of nitrogens with zero attached hydrogens (tertiary/aromatic N) is 3. The molecule has 4 heterocycles. The molecular weight excluding hydrogens is 419 g/mol. The lowest BCUT2D eigenvalue weighted by molar-refractivity contribution is -0.192. The molecule has 3 atom stereocenters. The van der Waals surface area contributed by atoms with Crippen LogP contribution in [-0.4, -0.2) is 89.2 Å². The second-order valence-electron chi connectivity index (χ2n) is 7.92. The lowest BCUT2D eigenvalue weighted by atomic mass is 9.99. The highest BCUT2D eigenvalue weighted by Crippen LogP contribution is 2.34. The van der Waals surface area contributed by atoms with E-state index in [9.17, 15) is 13.2 Å². The summed E-state index contributed by atoms with van der Waals surface area (Å²) in [4.78, 5) is 11.6. The van der Waals surface area contributed by atoms with Crippen LogP contribution < -0.4 is 0 Å². The van der Waals surface area contributed by atoms with E-state index in [1.807, 2.05) is 23.1 Å². The van der Waals surface area contributed by atoms with Crippen LogP contribution in [0.2, 0.25) is 0 Å². The Labute approximate surface area is 179 Å². The highest BCUT2D eigenvalue weighted by molar-refractivity contribution is 5.73. The Kier molecular flexibility index (Phi) is 8.70. The van der Waals surface area contributed by atoms with Crippen LogP contribution in [0.3, 0.4) is 0 Å². The number of rotatable bonds is 6. The van der Waals surface area contributed by atoms with Crippen LogP contribution in [0.4, 0.5) is 13.2 Å². The van der Waals surface area contributed by atoms with E-state index in [2.05, 4.69) is 10.00 Å². The van der Waals surface area contributed by atoms with Gasteiger partial charge in [0, 0.05) is 64.0 Å². The number of carboxylic acid groups (broad SMARTS) is 1. The number of hydrogen-bond donors (Lipinski definition) is 1. The van der Waals surface area contributed by atoms with Crippen LogP contribution in [-0.2, 0) is 25.5 Å². The molecule has 31 heavy (non-hydrogen) atoms. The molecule has 0 spiro atoms. The monoisotopic (exact) mass is 449 g/mol. The van der Waals surface area contributed by atoms with Gasteiger partial charge in [-0.25, -0.2) is 4.79 Å². The highest BCUT2D eigenvalue weighted by atomic mass is 19.4. The number of halogens is 3. The first-order valence-corrected chi connectivity index (χ1v) is 10.7. The smallest absolute Gasteiger partial charge is 0.475 e. The summed E-state index contributed by atoms with van der Waals surface area (Å²) in [7, 11) is 0. The second kappa shape index (κ2) is 11.3. The fourth-order valence-electron chi connectivity index (χ4n) is 4.42. The number of hydrogen-bond acceptors (Lipinski definition) is 6. The van der Waals surface area contributed by atoms with E-state index in [1.165, 1.54) is 12.8 Å². The van der Waals surface area contributed by atoms with E-state index < -0.39 is 12.1 Å². The third-order valence-corrected chi connectivity index (χ3v) is 5.84. The van der Waals surface area contributed by atoms with Gasteiger partial charge in [-0.15, -0.1) is 0 Å². The minimum Gasteiger partial charge on any atom is -0.475 e. The zero-order chi connectivity index (χ0) is 22.3. The Morgan fingerprint density at radius 1 is 1.23 bits per heavy atom. The van der Waals surface area contributed by atoms with Crippen molar-refractivity contribution in [3.05, 3.63) is 18.5 Å². The van der Waals surface area contributed by atoms with Gasteiger partial charge >= 0.3 is 12.1 Å². The molecule has 3 saturated heterocycles. The Morgan fingerprint density at radius 2 is 1.97 bits per heavy atom. The van der Waals surface area contributed by atoms with Gasteiger partial charge in [-0.05, 0) is 38.2 Å². The molecule has 11 heteroatoms. The molecule has 0 radical (unpaired) electrons. The molecule has 4 rings (SSSR count). The van der Waals surface area contributed by atoms with E-state index >= 15 is 0 Å². The fraction of sp³-hybridized carbons (Fsp3) is 0.800. The molecule has 176 valence electrons. The van der Waals surface area contributed by atoms with Gasteiger partial charge in [0.05, 0.1) is 6.10 Å². The van der Waals surface area contributed by atoms with Gasteiger partial charge in [-0.3, -0.25) is 9.58 Å². The number of aliphatic carboxylic acids is 1. The zero-order valence-electron chi connectivity index (χ0n) is 17.4. The molecule has 1 aromatic heterocycles. The van der Waals surface area contributed by atoms with Crippen molar-refractivity contribution in [2.24, 2.45) is 0 Å². The Bertz CT molecular complexity index is 668. The van der Waals surface area contributed by atoms with Gasteiger partial charge in [-0.1, -0.05) is 0 Å². The van der Waals surface area contributed by atoms with E-state index in [0.717, 1.165) is 58.8 Å². The van der Waals surface area contributed by atoms with Crippen LogP contribution in [0.1, 0.15) is 32.1 Å². The topological polar surface area (TPSA) is 86.0 Å². The summed E-state index contributed by atoms with van der Waals surface area (Å²) in [5.74, 6) is -2.76. The van der Waals surface area contributed by atoms with Gasteiger partial charge in [0.2, 0.25) is 0 Å². The van der Waals surface area contributed by atoms with Crippen LogP contribution in [0.15, 0.2) is 18.5 Å². The summed E-state index contributed by atoms with van der Waals surface area (Å²) in [6.07, 6.45) is 4.92. The largest absolute Gasteiger partial charge is 0.490 e. The minimum absolute atomic E-state index is 0.218. The highest BCUT2D eigenvalue weighted by Gasteiger charge is 2.47. The average Bonchev–Trinajstić information content (AvgIpc) is 3.40. The van der Waals surface area contributed by atoms with Crippen molar-refractivity contribution in [3.63, 3.8) is 0 Å². The molecular formula is C20H30F3N3O5. The summed E-state index contributed by atoms with van der Waals surface area (Å²) < 4.78 is 51.6. The van der Waals surface area contributed by atoms with Crippen LogP contribution in [0.25, 0.3) is 0 Å². The number of aryl methyl sites for hydroxylation is 1. The molecule has 1 N–H and O–H groups in total. The molecule has 1 aromatic rings. The molecule has 3 fully saturated rings. The zero-order valence-corrected chi connectivity index (χ0v) is 17.4. The number of likely N-dealkylation sites (tertiary alicyclic amines) is 1. The van der Waals surface area contributed by atoms with Crippen LogP contribution in [0, 0.1) is 0 Å². The number of aromatic nitrogens is 2.